The minimum atomic E-state index is -4.49. The first kappa shape index (κ1) is 17.8. The maximum absolute atomic E-state index is 12.5. The Morgan fingerprint density at radius 3 is 2.78 bits per heavy atom. The van der Waals surface area contributed by atoms with Crippen molar-refractivity contribution >= 4 is 23.3 Å². The molecule has 1 fully saturated rings. The average Bonchev–Trinajstić information content (AvgIpc) is 2.52. The average molecular weight is 354 g/mol. The van der Waals surface area contributed by atoms with E-state index in [4.69, 9.17) is 21.1 Å². The smallest absolute Gasteiger partial charge is 0.376 e. The number of pyridine rings is 1. The molecule has 10 heteroatoms. The topological polar surface area (TPSA) is 72.5 Å². The Morgan fingerprint density at radius 1 is 1.39 bits per heavy atom. The van der Waals surface area contributed by atoms with Gasteiger partial charge in [-0.05, 0) is 6.07 Å². The standard InChI is InChI=1S/C13H15ClF3N3O3/c14-9-5-8(13(15,16)17)6-20-11(9)18-1-2-19-12(21)10-7-22-3-4-23-10/h5-6,10H,1-4,7H2,(H,18,20)(H,19,21)/t10-/m1/s1. The highest BCUT2D eigenvalue weighted by Crippen LogP contribution is 2.32. The zero-order valence-corrected chi connectivity index (χ0v) is 12.7. The van der Waals surface area contributed by atoms with Gasteiger partial charge in [-0.2, -0.15) is 13.2 Å². The molecule has 0 radical (unpaired) electrons. The number of carbonyl (C=O) groups excluding carboxylic acids is 1. The number of nitrogens with one attached hydrogen (secondary N) is 2. The predicted octanol–water partition coefficient (Wildman–Crippen LogP) is 1.70. The van der Waals surface area contributed by atoms with Crippen molar-refractivity contribution < 1.29 is 27.4 Å². The van der Waals surface area contributed by atoms with Crippen LogP contribution in [-0.2, 0) is 20.4 Å². The number of anilines is 1. The van der Waals surface area contributed by atoms with Gasteiger partial charge in [-0.25, -0.2) is 4.98 Å². The Kier molecular flexibility index (Phi) is 6.03. The van der Waals surface area contributed by atoms with Crippen molar-refractivity contribution in [3.8, 4) is 0 Å². The Labute approximate surface area is 135 Å². The number of carbonyl (C=O) groups is 1. The molecule has 0 aliphatic carbocycles. The molecule has 1 aromatic heterocycles. The third kappa shape index (κ3) is 5.22. The lowest BCUT2D eigenvalue weighted by Crippen LogP contribution is -2.44. The van der Waals surface area contributed by atoms with Gasteiger partial charge in [0.25, 0.3) is 5.91 Å². The van der Waals surface area contributed by atoms with E-state index in [1.165, 1.54) is 0 Å². The third-order valence-electron chi connectivity index (χ3n) is 2.99. The highest BCUT2D eigenvalue weighted by molar-refractivity contribution is 6.32. The molecule has 1 amide bonds. The van der Waals surface area contributed by atoms with Crippen molar-refractivity contribution in [2.75, 3.05) is 38.2 Å². The van der Waals surface area contributed by atoms with Gasteiger partial charge in [0.1, 0.15) is 5.82 Å². The molecular formula is C13H15ClF3N3O3. The molecule has 0 unspecified atom stereocenters. The molecule has 0 bridgehead atoms. The first-order valence-corrected chi connectivity index (χ1v) is 7.19. The summed E-state index contributed by atoms with van der Waals surface area (Å²) < 4.78 is 47.8. The molecule has 2 rings (SSSR count). The summed E-state index contributed by atoms with van der Waals surface area (Å²) in [6.07, 6.45) is -4.44. The SMILES string of the molecule is O=C(NCCNc1ncc(C(F)(F)F)cc1Cl)[C@H]1COCCO1. The summed E-state index contributed by atoms with van der Waals surface area (Å²) in [5.74, 6) is -0.191. The van der Waals surface area contributed by atoms with Crippen molar-refractivity contribution in [2.45, 2.75) is 12.3 Å². The minimum Gasteiger partial charge on any atom is -0.376 e. The van der Waals surface area contributed by atoms with Crippen LogP contribution in [0.25, 0.3) is 0 Å². The fraction of sp³-hybridized carbons (Fsp3) is 0.538. The van der Waals surface area contributed by atoms with Crippen LogP contribution in [0.5, 0.6) is 0 Å². The maximum atomic E-state index is 12.5. The van der Waals surface area contributed by atoms with Gasteiger partial charge in [0.15, 0.2) is 6.10 Å². The molecular weight excluding hydrogens is 339 g/mol. The van der Waals surface area contributed by atoms with Crippen LogP contribution < -0.4 is 10.6 Å². The van der Waals surface area contributed by atoms with Gasteiger partial charge in [0, 0.05) is 19.3 Å². The molecule has 23 heavy (non-hydrogen) atoms. The lowest BCUT2D eigenvalue weighted by atomic mass is 10.3. The quantitative estimate of drug-likeness (QED) is 0.788. The van der Waals surface area contributed by atoms with Crippen molar-refractivity contribution in [2.24, 2.45) is 0 Å². The maximum Gasteiger partial charge on any atom is 0.417 e. The molecule has 2 N–H and O–H groups in total. The number of rotatable bonds is 5. The Morgan fingerprint density at radius 2 is 2.17 bits per heavy atom. The summed E-state index contributed by atoms with van der Waals surface area (Å²) in [7, 11) is 0. The number of aromatic nitrogens is 1. The van der Waals surface area contributed by atoms with Crippen LogP contribution in [0.2, 0.25) is 5.02 Å². The van der Waals surface area contributed by atoms with Crippen LogP contribution in [0.4, 0.5) is 19.0 Å². The summed E-state index contributed by atoms with van der Waals surface area (Å²) in [6.45, 7) is 1.51. The summed E-state index contributed by atoms with van der Waals surface area (Å²) in [5.41, 5.74) is -0.921. The number of hydrogen-bond donors (Lipinski definition) is 2. The predicted molar refractivity (Wildman–Crippen MR) is 76.3 cm³/mol. The number of halogens is 4. The summed E-state index contributed by atoms with van der Waals surface area (Å²) >= 11 is 5.75. The molecule has 1 aliphatic heterocycles. The molecule has 2 heterocycles. The first-order valence-electron chi connectivity index (χ1n) is 6.81. The first-order chi connectivity index (χ1) is 10.9. The monoisotopic (exact) mass is 353 g/mol. The molecule has 0 saturated carbocycles. The molecule has 0 aromatic carbocycles. The summed E-state index contributed by atoms with van der Waals surface area (Å²) in [4.78, 5) is 15.4. The number of amides is 1. The lowest BCUT2D eigenvalue weighted by Gasteiger charge is -2.22. The molecule has 1 aromatic rings. The van der Waals surface area contributed by atoms with Gasteiger partial charge >= 0.3 is 6.18 Å². The van der Waals surface area contributed by atoms with Gasteiger partial charge in [-0.3, -0.25) is 4.79 Å². The van der Waals surface area contributed by atoms with Gasteiger partial charge < -0.3 is 20.1 Å². The van der Waals surface area contributed by atoms with Crippen LogP contribution in [0.1, 0.15) is 5.56 Å². The van der Waals surface area contributed by atoms with Gasteiger partial charge in [-0.1, -0.05) is 11.6 Å². The van der Waals surface area contributed by atoms with Gasteiger partial charge in [0.05, 0.1) is 30.4 Å². The van der Waals surface area contributed by atoms with Crippen LogP contribution >= 0.6 is 11.6 Å². The lowest BCUT2D eigenvalue weighted by molar-refractivity contribution is -0.147. The Hall–Kier alpha value is -1.58. The van der Waals surface area contributed by atoms with Crippen molar-refractivity contribution in [3.05, 3.63) is 22.8 Å². The van der Waals surface area contributed by atoms with Crippen LogP contribution in [-0.4, -0.2) is 49.9 Å². The van der Waals surface area contributed by atoms with E-state index in [0.717, 1.165) is 6.07 Å². The second-order valence-electron chi connectivity index (χ2n) is 4.70. The fourth-order valence-electron chi connectivity index (χ4n) is 1.84. The van der Waals surface area contributed by atoms with E-state index >= 15 is 0 Å². The van der Waals surface area contributed by atoms with E-state index in [-0.39, 0.29) is 36.4 Å². The zero-order chi connectivity index (χ0) is 16.9. The highest BCUT2D eigenvalue weighted by atomic mass is 35.5. The molecule has 1 aliphatic rings. The molecule has 6 nitrogen and oxygen atoms in total. The largest absolute Gasteiger partial charge is 0.417 e. The third-order valence-corrected chi connectivity index (χ3v) is 3.28. The Bertz CT molecular complexity index is 551. The highest BCUT2D eigenvalue weighted by Gasteiger charge is 2.31. The number of ether oxygens (including phenoxy) is 2. The van der Waals surface area contributed by atoms with Crippen molar-refractivity contribution in [1.82, 2.24) is 10.3 Å². The second-order valence-corrected chi connectivity index (χ2v) is 5.11. The van der Waals surface area contributed by atoms with Crippen LogP contribution in [0, 0.1) is 0 Å². The zero-order valence-electron chi connectivity index (χ0n) is 12.0. The number of alkyl halides is 3. The van der Waals surface area contributed by atoms with E-state index in [2.05, 4.69) is 15.6 Å². The fourth-order valence-corrected chi connectivity index (χ4v) is 2.08. The summed E-state index contributed by atoms with van der Waals surface area (Å²) in [6, 6.07) is 0.794. The van der Waals surface area contributed by atoms with E-state index in [0.29, 0.717) is 19.4 Å². The summed E-state index contributed by atoms with van der Waals surface area (Å²) in [5, 5.41) is 5.23. The number of nitrogens with zero attached hydrogens (tertiary/aromatic N) is 1. The molecule has 1 atom stereocenters. The van der Waals surface area contributed by atoms with E-state index in [1.807, 2.05) is 0 Å². The van der Waals surface area contributed by atoms with Gasteiger partial charge in [0.2, 0.25) is 0 Å². The second kappa shape index (κ2) is 7.80. The van der Waals surface area contributed by atoms with Crippen molar-refractivity contribution in [1.29, 1.82) is 0 Å². The van der Waals surface area contributed by atoms with E-state index in [9.17, 15) is 18.0 Å². The van der Waals surface area contributed by atoms with Crippen molar-refractivity contribution in [3.63, 3.8) is 0 Å². The molecule has 0 spiro atoms. The van der Waals surface area contributed by atoms with Crippen LogP contribution in [0.3, 0.4) is 0 Å². The van der Waals surface area contributed by atoms with Gasteiger partial charge in [-0.15, -0.1) is 0 Å². The minimum absolute atomic E-state index is 0.117. The Balaban J connectivity index is 1.77. The molecule has 128 valence electrons. The normalized spacial score (nSPS) is 18.5. The number of hydrogen-bond acceptors (Lipinski definition) is 5. The molecule has 1 saturated heterocycles. The van der Waals surface area contributed by atoms with E-state index in [1.54, 1.807) is 0 Å². The van der Waals surface area contributed by atoms with E-state index < -0.39 is 17.8 Å². The van der Waals surface area contributed by atoms with Crippen LogP contribution in [0.15, 0.2) is 12.3 Å².